The number of benzene rings is 1. The molecular formula is C11H8N2O2. The molecule has 15 heavy (non-hydrogen) atoms. The lowest BCUT2D eigenvalue weighted by Crippen LogP contribution is -1.90. The maximum absolute atomic E-state index is 10.8. The smallest absolute Gasteiger partial charge is 0.153 e. The summed E-state index contributed by atoms with van der Waals surface area (Å²) in [5, 5.41) is 9.49. The Morgan fingerprint density at radius 3 is 2.93 bits per heavy atom. The minimum absolute atomic E-state index is 0.450. The Hall–Kier alpha value is -2.28. The molecule has 4 heteroatoms. The van der Waals surface area contributed by atoms with E-state index in [9.17, 15) is 4.79 Å². The third-order valence-electron chi connectivity index (χ3n) is 2.24. The Labute approximate surface area is 86.1 Å². The van der Waals surface area contributed by atoms with Gasteiger partial charge < -0.3 is 9.72 Å². The number of aromatic amines is 1. The molecule has 0 radical (unpaired) electrons. The molecule has 2 aromatic rings. The molecule has 0 unspecified atom stereocenters. The van der Waals surface area contributed by atoms with Gasteiger partial charge in [0.15, 0.2) is 6.29 Å². The first-order valence-corrected chi connectivity index (χ1v) is 4.35. The summed E-state index contributed by atoms with van der Waals surface area (Å²) in [7, 11) is 1.50. The van der Waals surface area contributed by atoms with Crippen LogP contribution >= 0.6 is 0 Å². The summed E-state index contributed by atoms with van der Waals surface area (Å²) in [4.78, 5) is 13.7. The Bertz CT molecular complexity index is 564. The lowest BCUT2D eigenvalue weighted by atomic mass is 10.1. The van der Waals surface area contributed by atoms with Crippen LogP contribution in [0.5, 0.6) is 5.75 Å². The van der Waals surface area contributed by atoms with Gasteiger partial charge in [-0.2, -0.15) is 5.26 Å². The van der Waals surface area contributed by atoms with Gasteiger partial charge in [-0.05, 0) is 18.2 Å². The summed E-state index contributed by atoms with van der Waals surface area (Å²) in [6.07, 6.45) is 0.733. The maximum atomic E-state index is 10.8. The summed E-state index contributed by atoms with van der Waals surface area (Å²) >= 11 is 0. The molecule has 0 aliphatic heterocycles. The van der Waals surface area contributed by atoms with Crippen molar-refractivity contribution >= 4 is 17.2 Å². The molecule has 0 amide bonds. The van der Waals surface area contributed by atoms with Crippen LogP contribution in [0, 0.1) is 11.3 Å². The molecule has 0 aliphatic rings. The number of rotatable bonds is 2. The zero-order valence-corrected chi connectivity index (χ0v) is 8.07. The topological polar surface area (TPSA) is 65.9 Å². The summed E-state index contributed by atoms with van der Waals surface area (Å²) in [6.45, 7) is 0. The van der Waals surface area contributed by atoms with Crippen molar-refractivity contribution in [3.8, 4) is 11.8 Å². The number of hydrogen-bond acceptors (Lipinski definition) is 3. The van der Waals surface area contributed by atoms with Crippen LogP contribution in [0.2, 0.25) is 0 Å². The Balaban J connectivity index is 2.81. The molecule has 2 rings (SSSR count). The van der Waals surface area contributed by atoms with Crippen LogP contribution in [0.3, 0.4) is 0 Å². The molecule has 0 saturated heterocycles. The summed E-state index contributed by atoms with van der Waals surface area (Å²) in [5.41, 5.74) is 1.72. The predicted molar refractivity (Wildman–Crippen MR) is 55.0 cm³/mol. The van der Waals surface area contributed by atoms with Crippen molar-refractivity contribution < 1.29 is 9.53 Å². The van der Waals surface area contributed by atoms with E-state index in [4.69, 9.17) is 10.00 Å². The number of aromatic nitrogens is 1. The molecule has 74 valence electrons. The van der Waals surface area contributed by atoms with Gasteiger partial charge in [0.1, 0.15) is 17.5 Å². The number of ether oxygens (including phenoxy) is 1. The number of hydrogen-bond donors (Lipinski definition) is 1. The summed E-state index contributed by atoms with van der Waals surface area (Å²) < 4.78 is 5.15. The molecule has 0 aliphatic carbocycles. The summed E-state index contributed by atoms with van der Waals surface area (Å²) in [6, 6.07) is 7.08. The maximum Gasteiger partial charge on any atom is 0.153 e. The minimum atomic E-state index is 0.450. The fourth-order valence-corrected chi connectivity index (χ4v) is 1.58. The average molecular weight is 200 g/mol. The van der Waals surface area contributed by atoms with E-state index in [0.29, 0.717) is 17.0 Å². The number of carbonyl (C=O) groups is 1. The lowest BCUT2D eigenvalue weighted by molar-refractivity contribution is 0.112. The highest BCUT2D eigenvalue weighted by molar-refractivity contribution is 5.95. The van der Waals surface area contributed by atoms with Gasteiger partial charge in [0.25, 0.3) is 0 Å². The first-order valence-electron chi connectivity index (χ1n) is 4.35. The first-order chi connectivity index (χ1) is 7.30. The lowest BCUT2D eigenvalue weighted by Gasteiger charge is -2.03. The average Bonchev–Trinajstić information content (AvgIpc) is 2.70. The van der Waals surface area contributed by atoms with Crippen molar-refractivity contribution in [3.05, 3.63) is 29.5 Å². The molecule has 4 nitrogen and oxygen atoms in total. The van der Waals surface area contributed by atoms with Crippen LogP contribution < -0.4 is 4.74 Å². The van der Waals surface area contributed by atoms with Crippen molar-refractivity contribution in [1.29, 1.82) is 5.26 Å². The zero-order chi connectivity index (χ0) is 10.8. The molecule has 0 atom stereocenters. The fourth-order valence-electron chi connectivity index (χ4n) is 1.58. The zero-order valence-electron chi connectivity index (χ0n) is 8.07. The monoisotopic (exact) mass is 200 g/mol. The van der Waals surface area contributed by atoms with Gasteiger partial charge >= 0.3 is 0 Å². The minimum Gasteiger partial charge on any atom is -0.495 e. The number of nitriles is 1. The van der Waals surface area contributed by atoms with Gasteiger partial charge in [-0.25, -0.2) is 0 Å². The molecule has 0 bridgehead atoms. The normalized spacial score (nSPS) is 9.87. The number of carbonyl (C=O) groups excluding carboxylic acids is 1. The van der Waals surface area contributed by atoms with E-state index in [1.54, 1.807) is 18.2 Å². The summed E-state index contributed by atoms with van der Waals surface area (Å²) in [5.74, 6) is 0.500. The molecule has 0 saturated carbocycles. The molecule has 1 N–H and O–H groups in total. The van der Waals surface area contributed by atoms with E-state index in [2.05, 4.69) is 4.98 Å². The third-order valence-corrected chi connectivity index (χ3v) is 2.24. The molecule has 0 spiro atoms. The largest absolute Gasteiger partial charge is 0.495 e. The molecular weight excluding hydrogens is 192 g/mol. The van der Waals surface area contributed by atoms with Gasteiger partial charge in [0.05, 0.1) is 18.2 Å². The number of aldehydes is 1. The van der Waals surface area contributed by atoms with Crippen LogP contribution in [-0.2, 0) is 0 Å². The molecule has 1 heterocycles. The van der Waals surface area contributed by atoms with Crippen LogP contribution in [-0.4, -0.2) is 18.4 Å². The highest BCUT2D eigenvalue weighted by Crippen LogP contribution is 2.29. The highest BCUT2D eigenvalue weighted by Gasteiger charge is 2.10. The standard InChI is InChI=1S/C11H8N2O2/c1-15-11-7(6-14)2-3-10-9(11)4-8(5-12)13-10/h2-4,6,13H,1H3. The van der Waals surface area contributed by atoms with Crippen molar-refractivity contribution in [2.24, 2.45) is 0 Å². The fraction of sp³-hybridized carbons (Fsp3) is 0.0909. The van der Waals surface area contributed by atoms with E-state index >= 15 is 0 Å². The number of nitrogens with zero attached hydrogens (tertiary/aromatic N) is 1. The second-order valence-corrected chi connectivity index (χ2v) is 3.06. The SMILES string of the molecule is COc1c(C=O)ccc2[nH]c(C#N)cc12. The van der Waals surface area contributed by atoms with E-state index in [1.807, 2.05) is 6.07 Å². The van der Waals surface area contributed by atoms with Crippen molar-refractivity contribution in [1.82, 2.24) is 4.98 Å². The number of methoxy groups -OCH3 is 1. The first kappa shape index (κ1) is 9.28. The van der Waals surface area contributed by atoms with E-state index < -0.39 is 0 Å². The quantitative estimate of drug-likeness (QED) is 0.752. The second kappa shape index (κ2) is 3.46. The second-order valence-electron chi connectivity index (χ2n) is 3.06. The third kappa shape index (κ3) is 1.34. The number of nitrogens with one attached hydrogen (secondary N) is 1. The number of fused-ring (bicyclic) bond motifs is 1. The van der Waals surface area contributed by atoms with Crippen molar-refractivity contribution in [2.75, 3.05) is 7.11 Å². The van der Waals surface area contributed by atoms with E-state index in [-0.39, 0.29) is 0 Å². The Kier molecular flexibility index (Phi) is 2.14. The highest BCUT2D eigenvalue weighted by atomic mass is 16.5. The molecule has 0 fully saturated rings. The van der Waals surface area contributed by atoms with Gasteiger partial charge in [0, 0.05) is 5.39 Å². The van der Waals surface area contributed by atoms with Gasteiger partial charge in [-0.15, -0.1) is 0 Å². The van der Waals surface area contributed by atoms with Crippen LogP contribution in [0.4, 0.5) is 0 Å². The van der Waals surface area contributed by atoms with Gasteiger partial charge in [-0.3, -0.25) is 4.79 Å². The van der Waals surface area contributed by atoms with Gasteiger partial charge in [0.2, 0.25) is 0 Å². The molecule has 1 aromatic carbocycles. The Morgan fingerprint density at radius 2 is 2.33 bits per heavy atom. The van der Waals surface area contributed by atoms with Crippen LogP contribution in [0.1, 0.15) is 16.1 Å². The van der Waals surface area contributed by atoms with Crippen LogP contribution in [0.25, 0.3) is 10.9 Å². The van der Waals surface area contributed by atoms with Crippen molar-refractivity contribution in [2.45, 2.75) is 0 Å². The van der Waals surface area contributed by atoms with Crippen molar-refractivity contribution in [3.63, 3.8) is 0 Å². The van der Waals surface area contributed by atoms with E-state index in [1.165, 1.54) is 7.11 Å². The van der Waals surface area contributed by atoms with Gasteiger partial charge in [-0.1, -0.05) is 0 Å². The predicted octanol–water partition coefficient (Wildman–Crippen LogP) is 1.86. The molecule has 1 aromatic heterocycles. The Morgan fingerprint density at radius 1 is 1.53 bits per heavy atom. The number of H-pyrrole nitrogens is 1. The van der Waals surface area contributed by atoms with E-state index in [0.717, 1.165) is 17.2 Å². The van der Waals surface area contributed by atoms with Crippen LogP contribution in [0.15, 0.2) is 18.2 Å².